The molecule has 0 radical (unpaired) electrons. The summed E-state index contributed by atoms with van der Waals surface area (Å²) in [6, 6.07) is 0. The Balaban J connectivity index is 2.53. The van der Waals surface area contributed by atoms with Crippen molar-refractivity contribution in [1.82, 2.24) is 9.55 Å². The van der Waals surface area contributed by atoms with Crippen molar-refractivity contribution < 1.29 is 9.84 Å². The highest BCUT2D eigenvalue weighted by molar-refractivity contribution is 4.90. The maximum Gasteiger partial charge on any atom is 0.134 e. The lowest BCUT2D eigenvalue weighted by atomic mass is 10.1. The highest BCUT2D eigenvalue weighted by Gasteiger charge is 2.16. The van der Waals surface area contributed by atoms with E-state index in [1.54, 1.807) is 13.3 Å². The second-order valence-corrected chi connectivity index (χ2v) is 3.91. The molecule has 0 amide bonds. The monoisotopic (exact) mass is 198 g/mol. The van der Waals surface area contributed by atoms with Gasteiger partial charge < -0.3 is 14.4 Å². The average molecular weight is 198 g/mol. The van der Waals surface area contributed by atoms with E-state index in [1.165, 1.54) is 0 Å². The van der Waals surface area contributed by atoms with Crippen LogP contribution in [-0.4, -0.2) is 27.4 Å². The van der Waals surface area contributed by atoms with Gasteiger partial charge in [0, 0.05) is 26.0 Å². The Labute approximate surface area is 84.5 Å². The fraction of sp³-hybridized carbons (Fsp3) is 0.700. The van der Waals surface area contributed by atoms with Gasteiger partial charge in [0.25, 0.3) is 0 Å². The second-order valence-electron chi connectivity index (χ2n) is 3.91. The predicted molar refractivity (Wildman–Crippen MR) is 53.9 cm³/mol. The van der Waals surface area contributed by atoms with Crippen molar-refractivity contribution in [2.45, 2.75) is 39.0 Å². The van der Waals surface area contributed by atoms with Crippen LogP contribution in [0.25, 0.3) is 0 Å². The van der Waals surface area contributed by atoms with Crippen LogP contribution in [0.5, 0.6) is 0 Å². The summed E-state index contributed by atoms with van der Waals surface area (Å²) >= 11 is 0. The number of aliphatic hydroxyl groups excluding tert-OH is 1. The molecule has 14 heavy (non-hydrogen) atoms. The summed E-state index contributed by atoms with van der Waals surface area (Å²) in [6.07, 6.45) is 4.47. The molecular formula is C10H18N2O2. The van der Waals surface area contributed by atoms with Gasteiger partial charge in [-0.2, -0.15) is 0 Å². The van der Waals surface area contributed by atoms with E-state index < -0.39 is 0 Å². The van der Waals surface area contributed by atoms with Crippen LogP contribution in [0.2, 0.25) is 0 Å². The third kappa shape index (κ3) is 2.82. The van der Waals surface area contributed by atoms with E-state index in [4.69, 9.17) is 9.84 Å². The molecular weight excluding hydrogens is 180 g/mol. The second kappa shape index (κ2) is 4.57. The maximum absolute atomic E-state index is 8.98. The zero-order valence-corrected chi connectivity index (χ0v) is 9.03. The molecule has 1 aromatic rings. The molecule has 0 saturated heterocycles. The van der Waals surface area contributed by atoms with Crippen molar-refractivity contribution in [2.24, 2.45) is 0 Å². The van der Waals surface area contributed by atoms with Gasteiger partial charge >= 0.3 is 0 Å². The largest absolute Gasteiger partial charge is 0.388 e. The van der Waals surface area contributed by atoms with E-state index >= 15 is 0 Å². The zero-order chi connectivity index (χ0) is 10.6. The van der Waals surface area contributed by atoms with Crippen LogP contribution in [0.4, 0.5) is 0 Å². The lowest BCUT2D eigenvalue weighted by Crippen LogP contribution is -2.24. The molecule has 0 aliphatic heterocycles. The topological polar surface area (TPSA) is 47.3 Å². The van der Waals surface area contributed by atoms with E-state index in [0.29, 0.717) is 5.82 Å². The highest BCUT2D eigenvalue weighted by atomic mass is 16.5. The number of aryl methyl sites for hydroxylation is 1. The third-order valence-corrected chi connectivity index (χ3v) is 2.45. The SMILES string of the molecule is COC(C)(C)CCn1ccnc1CO. The Bertz CT molecular complexity index is 281. The van der Waals surface area contributed by atoms with E-state index in [-0.39, 0.29) is 12.2 Å². The third-order valence-electron chi connectivity index (χ3n) is 2.45. The number of aliphatic hydroxyl groups is 1. The smallest absolute Gasteiger partial charge is 0.134 e. The van der Waals surface area contributed by atoms with E-state index in [1.807, 2.05) is 24.6 Å². The summed E-state index contributed by atoms with van der Waals surface area (Å²) in [5.41, 5.74) is -0.128. The number of ether oxygens (including phenoxy) is 1. The summed E-state index contributed by atoms with van der Waals surface area (Å²) in [5, 5.41) is 8.98. The molecule has 0 aliphatic carbocycles. The first-order valence-corrected chi connectivity index (χ1v) is 4.75. The molecule has 0 bridgehead atoms. The van der Waals surface area contributed by atoms with E-state index in [9.17, 15) is 0 Å². The molecule has 1 aromatic heterocycles. The molecule has 0 fully saturated rings. The van der Waals surface area contributed by atoms with E-state index in [0.717, 1.165) is 13.0 Å². The molecule has 0 spiro atoms. The summed E-state index contributed by atoms with van der Waals surface area (Å²) in [4.78, 5) is 4.03. The van der Waals surface area contributed by atoms with Gasteiger partial charge in [-0.3, -0.25) is 0 Å². The minimum absolute atomic E-state index is 0.0135. The van der Waals surface area contributed by atoms with Gasteiger partial charge in [0.05, 0.1) is 5.60 Å². The first-order valence-electron chi connectivity index (χ1n) is 4.75. The number of imidazole rings is 1. The molecule has 0 saturated carbocycles. The number of hydrogen-bond acceptors (Lipinski definition) is 3. The van der Waals surface area contributed by atoms with Crippen molar-refractivity contribution in [3.63, 3.8) is 0 Å². The first-order chi connectivity index (χ1) is 6.59. The van der Waals surface area contributed by atoms with Crippen LogP contribution >= 0.6 is 0 Å². The number of nitrogens with zero attached hydrogens (tertiary/aromatic N) is 2. The van der Waals surface area contributed by atoms with Crippen molar-refractivity contribution in [1.29, 1.82) is 0 Å². The lowest BCUT2D eigenvalue weighted by molar-refractivity contribution is 0.0117. The van der Waals surface area contributed by atoms with Crippen molar-refractivity contribution in [3.05, 3.63) is 18.2 Å². The average Bonchev–Trinajstić information content (AvgIpc) is 2.62. The molecule has 1 rings (SSSR count). The van der Waals surface area contributed by atoms with Crippen molar-refractivity contribution in [3.8, 4) is 0 Å². The molecule has 0 atom stereocenters. The Morgan fingerprint density at radius 2 is 2.29 bits per heavy atom. The van der Waals surface area contributed by atoms with Crippen LogP contribution in [0.15, 0.2) is 12.4 Å². The highest BCUT2D eigenvalue weighted by Crippen LogP contribution is 2.14. The zero-order valence-electron chi connectivity index (χ0n) is 9.03. The van der Waals surface area contributed by atoms with E-state index in [2.05, 4.69) is 4.98 Å². The summed E-state index contributed by atoms with van der Waals surface area (Å²) < 4.78 is 7.26. The molecule has 4 nitrogen and oxygen atoms in total. The number of rotatable bonds is 5. The number of aromatic nitrogens is 2. The summed E-state index contributed by atoms with van der Waals surface area (Å²) in [5.74, 6) is 0.705. The van der Waals surface area contributed by atoms with Gasteiger partial charge in [-0.15, -0.1) is 0 Å². The Hall–Kier alpha value is -0.870. The normalized spacial score (nSPS) is 12.0. The van der Waals surface area contributed by atoms with Crippen LogP contribution in [0, 0.1) is 0 Å². The minimum Gasteiger partial charge on any atom is -0.388 e. The standard InChI is InChI=1S/C10H18N2O2/c1-10(2,14-3)4-6-12-7-5-11-9(12)8-13/h5,7,13H,4,6,8H2,1-3H3. The first kappa shape index (κ1) is 11.2. The molecule has 80 valence electrons. The number of methoxy groups -OCH3 is 1. The van der Waals surface area contributed by atoms with Gasteiger partial charge in [-0.1, -0.05) is 0 Å². The lowest BCUT2D eigenvalue weighted by Gasteiger charge is -2.23. The Morgan fingerprint density at radius 1 is 1.57 bits per heavy atom. The molecule has 1 heterocycles. The molecule has 0 aliphatic rings. The molecule has 4 heteroatoms. The van der Waals surface area contributed by atoms with Crippen molar-refractivity contribution >= 4 is 0 Å². The fourth-order valence-electron chi connectivity index (χ4n) is 1.19. The van der Waals surface area contributed by atoms with Crippen LogP contribution < -0.4 is 0 Å². The molecule has 0 aromatic carbocycles. The van der Waals surface area contributed by atoms with Crippen LogP contribution in [0.1, 0.15) is 26.1 Å². The number of hydrogen-bond donors (Lipinski definition) is 1. The summed E-state index contributed by atoms with van der Waals surface area (Å²) in [6.45, 7) is 4.89. The summed E-state index contributed by atoms with van der Waals surface area (Å²) in [7, 11) is 1.71. The predicted octanol–water partition coefficient (Wildman–Crippen LogP) is 1.19. The van der Waals surface area contributed by atoms with Gasteiger partial charge in [-0.25, -0.2) is 4.98 Å². The fourth-order valence-corrected chi connectivity index (χ4v) is 1.19. The molecule has 0 unspecified atom stereocenters. The van der Waals surface area contributed by atoms with Crippen LogP contribution in [0.3, 0.4) is 0 Å². The molecule has 1 N–H and O–H groups in total. The Kier molecular flexibility index (Phi) is 3.66. The Morgan fingerprint density at radius 3 is 2.86 bits per heavy atom. The van der Waals surface area contributed by atoms with Gasteiger partial charge in [0.15, 0.2) is 0 Å². The quantitative estimate of drug-likeness (QED) is 0.773. The maximum atomic E-state index is 8.98. The van der Waals surface area contributed by atoms with Gasteiger partial charge in [0.1, 0.15) is 12.4 Å². The van der Waals surface area contributed by atoms with Crippen molar-refractivity contribution in [2.75, 3.05) is 7.11 Å². The van der Waals surface area contributed by atoms with Gasteiger partial charge in [0.2, 0.25) is 0 Å². The van der Waals surface area contributed by atoms with Crippen LogP contribution in [-0.2, 0) is 17.9 Å². The minimum atomic E-state index is -0.128. The van der Waals surface area contributed by atoms with Gasteiger partial charge in [-0.05, 0) is 20.3 Å².